The third kappa shape index (κ3) is 1.82. The first-order chi connectivity index (χ1) is 8.66. The number of fused-ring (bicyclic) bond motifs is 1. The zero-order valence-corrected chi connectivity index (χ0v) is 11.2. The van der Waals surface area contributed by atoms with Gasteiger partial charge in [-0.15, -0.1) is 11.3 Å². The Hall–Kier alpha value is -1.39. The molecule has 0 saturated heterocycles. The van der Waals surface area contributed by atoms with Gasteiger partial charge in [-0.2, -0.15) is 0 Å². The van der Waals surface area contributed by atoms with Crippen LogP contribution in [0.25, 0.3) is 0 Å². The zero-order chi connectivity index (χ0) is 12.7. The lowest BCUT2D eigenvalue weighted by molar-refractivity contribution is 0.202. The minimum Gasteiger partial charge on any atom is -0.492 e. The topological polar surface area (TPSA) is 42.4 Å². The number of benzene rings is 1. The average molecular weight is 261 g/mol. The average Bonchev–Trinajstić information content (AvgIpc) is 2.92. The smallest absolute Gasteiger partial charge is 0.123 e. The van der Waals surface area contributed by atoms with Crippen LogP contribution in [0.1, 0.15) is 40.1 Å². The summed E-state index contributed by atoms with van der Waals surface area (Å²) in [7, 11) is 0. The van der Waals surface area contributed by atoms with Crippen LogP contribution in [-0.2, 0) is 0 Å². The van der Waals surface area contributed by atoms with E-state index in [0.717, 1.165) is 21.3 Å². The van der Waals surface area contributed by atoms with Crippen molar-refractivity contribution in [3.05, 3.63) is 45.4 Å². The fraction of sp³-hybridized carbons (Fsp3) is 0.357. The zero-order valence-electron chi connectivity index (χ0n) is 10.4. The second-order valence-corrected chi connectivity index (χ2v) is 5.64. The van der Waals surface area contributed by atoms with E-state index in [-0.39, 0.29) is 5.92 Å². The van der Waals surface area contributed by atoms with E-state index in [1.165, 1.54) is 5.56 Å². The van der Waals surface area contributed by atoms with E-state index >= 15 is 0 Å². The van der Waals surface area contributed by atoms with Crippen molar-refractivity contribution < 1.29 is 9.84 Å². The number of aromatic nitrogens is 1. The molecule has 1 aliphatic heterocycles. The van der Waals surface area contributed by atoms with E-state index in [0.29, 0.717) is 6.61 Å². The highest BCUT2D eigenvalue weighted by Gasteiger charge is 2.28. The lowest BCUT2D eigenvalue weighted by Crippen LogP contribution is -2.01. The molecule has 1 N–H and O–H groups in total. The number of aliphatic hydroxyl groups excluding tert-OH is 1. The fourth-order valence-corrected chi connectivity index (χ4v) is 3.44. The van der Waals surface area contributed by atoms with E-state index in [9.17, 15) is 5.11 Å². The van der Waals surface area contributed by atoms with Gasteiger partial charge in [0.05, 0.1) is 22.6 Å². The molecule has 0 aliphatic carbocycles. The number of aryl methyl sites for hydroxylation is 1. The van der Waals surface area contributed by atoms with Crippen LogP contribution >= 0.6 is 11.3 Å². The van der Waals surface area contributed by atoms with Crippen LogP contribution in [0.5, 0.6) is 5.75 Å². The minimum absolute atomic E-state index is 0.206. The molecule has 1 aliphatic rings. The van der Waals surface area contributed by atoms with Gasteiger partial charge < -0.3 is 9.84 Å². The molecule has 1 aromatic carbocycles. The van der Waals surface area contributed by atoms with Gasteiger partial charge in [0.15, 0.2) is 0 Å². The van der Waals surface area contributed by atoms with Gasteiger partial charge in [0, 0.05) is 5.56 Å². The first-order valence-corrected chi connectivity index (χ1v) is 6.85. The number of ether oxygens (including phenoxy) is 1. The third-order valence-corrected chi connectivity index (χ3v) is 4.67. The second-order valence-electron chi connectivity index (χ2n) is 4.58. The van der Waals surface area contributed by atoms with Crippen molar-refractivity contribution in [2.45, 2.75) is 25.9 Å². The molecule has 0 spiro atoms. The maximum atomic E-state index is 9.70. The Morgan fingerprint density at radius 2 is 2.22 bits per heavy atom. The van der Waals surface area contributed by atoms with Crippen molar-refractivity contribution in [3.63, 3.8) is 0 Å². The molecule has 4 heteroatoms. The molecule has 94 valence electrons. The van der Waals surface area contributed by atoms with Gasteiger partial charge in [0.2, 0.25) is 0 Å². The number of rotatable bonds is 2. The predicted octanol–water partition coefficient (Wildman–Crippen LogP) is 3.03. The first-order valence-electron chi connectivity index (χ1n) is 6.04. The third-order valence-electron chi connectivity index (χ3n) is 3.23. The molecular weight excluding hydrogens is 246 g/mol. The van der Waals surface area contributed by atoms with Gasteiger partial charge in [-0.05, 0) is 19.9 Å². The van der Waals surface area contributed by atoms with Crippen LogP contribution in [0.3, 0.4) is 0 Å². The Bertz CT molecular complexity index is 577. The lowest BCUT2D eigenvalue weighted by Gasteiger charge is -2.04. The summed E-state index contributed by atoms with van der Waals surface area (Å²) in [5.74, 6) is 1.16. The monoisotopic (exact) mass is 261 g/mol. The maximum absolute atomic E-state index is 9.70. The van der Waals surface area contributed by atoms with E-state index in [2.05, 4.69) is 11.1 Å². The first kappa shape index (κ1) is 11.7. The number of hydrogen-bond acceptors (Lipinski definition) is 4. The predicted molar refractivity (Wildman–Crippen MR) is 71.3 cm³/mol. The summed E-state index contributed by atoms with van der Waals surface area (Å²) in [5, 5.41) is 10.7. The van der Waals surface area contributed by atoms with Crippen molar-refractivity contribution in [1.29, 1.82) is 0 Å². The fourth-order valence-electron chi connectivity index (χ4n) is 2.33. The largest absolute Gasteiger partial charge is 0.492 e. The minimum atomic E-state index is -0.450. The molecule has 0 radical (unpaired) electrons. The van der Waals surface area contributed by atoms with Crippen molar-refractivity contribution in [2.24, 2.45) is 0 Å². The molecule has 2 atom stereocenters. The van der Waals surface area contributed by atoms with Crippen molar-refractivity contribution in [2.75, 3.05) is 6.61 Å². The van der Waals surface area contributed by atoms with Gasteiger partial charge in [-0.3, -0.25) is 0 Å². The summed E-state index contributed by atoms with van der Waals surface area (Å²) in [5.41, 5.74) is 2.12. The summed E-state index contributed by atoms with van der Waals surface area (Å²) in [4.78, 5) is 5.54. The maximum Gasteiger partial charge on any atom is 0.123 e. The Kier molecular flexibility index (Phi) is 2.84. The number of thiazole rings is 1. The Balaban J connectivity index is 2.00. The molecule has 3 rings (SSSR count). The van der Waals surface area contributed by atoms with E-state index < -0.39 is 6.10 Å². The Labute approximate surface area is 110 Å². The van der Waals surface area contributed by atoms with Gasteiger partial charge in [0.25, 0.3) is 0 Å². The summed E-state index contributed by atoms with van der Waals surface area (Å²) >= 11 is 1.59. The van der Waals surface area contributed by atoms with Crippen LogP contribution in [0, 0.1) is 6.92 Å². The van der Waals surface area contributed by atoms with Crippen molar-refractivity contribution in [3.8, 4) is 5.75 Å². The van der Waals surface area contributed by atoms with E-state index in [4.69, 9.17) is 4.74 Å². The van der Waals surface area contributed by atoms with Crippen molar-refractivity contribution in [1.82, 2.24) is 4.98 Å². The van der Waals surface area contributed by atoms with Crippen LogP contribution in [0.2, 0.25) is 0 Å². The quantitative estimate of drug-likeness (QED) is 0.903. The molecule has 0 bridgehead atoms. The van der Waals surface area contributed by atoms with Gasteiger partial charge >= 0.3 is 0 Å². The molecule has 0 fully saturated rings. The van der Waals surface area contributed by atoms with E-state index in [1.54, 1.807) is 18.3 Å². The number of nitrogens with zero attached hydrogens (tertiary/aromatic N) is 1. The van der Waals surface area contributed by atoms with Crippen molar-refractivity contribution >= 4 is 11.3 Å². The summed E-state index contributed by atoms with van der Waals surface area (Å²) in [6.07, 6.45) is -0.450. The normalized spacial score (nSPS) is 19.4. The second kappa shape index (κ2) is 4.37. The number of aliphatic hydroxyl groups is 1. The number of para-hydroxylation sites is 1. The highest BCUT2D eigenvalue weighted by Crippen LogP contribution is 2.40. The molecule has 3 nitrogen and oxygen atoms in total. The Morgan fingerprint density at radius 1 is 1.44 bits per heavy atom. The van der Waals surface area contributed by atoms with Crippen LogP contribution in [0.15, 0.2) is 24.3 Å². The molecule has 0 amide bonds. The summed E-state index contributed by atoms with van der Waals surface area (Å²) < 4.78 is 5.68. The molecule has 2 unspecified atom stereocenters. The van der Waals surface area contributed by atoms with Gasteiger partial charge in [-0.25, -0.2) is 4.98 Å². The molecular formula is C14H15NO2S. The van der Waals surface area contributed by atoms with Gasteiger partial charge in [-0.1, -0.05) is 18.2 Å². The Morgan fingerprint density at radius 3 is 2.94 bits per heavy atom. The number of hydrogen-bond donors (Lipinski definition) is 1. The highest BCUT2D eigenvalue weighted by atomic mass is 32.1. The molecule has 1 aromatic heterocycles. The standard InChI is InChI=1S/C14H15NO2S/c1-8-13(9(2)16)18-14(15-8)11-7-17-12-6-4-3-5-10(11)12/h3-6,9,11,16H,7H2,1-2H3. The van der Waals surface area contributed by atoms with Gasteiger partial charge in [0.1, 0.15) is 17.4 Å². The summed E-state index contributed by atoms with van der Waals surface area (Å²) in [6, 6.07) is 8.09. The summed E-state index contributed by atoms with van der Waals surface area (Å²) in [6.45, 7) is 4.37. The van der Waals surface area contributed by atoms with Crippen LogP contribution in [0.4, 0.5) is 0 Å². The highest BCUT2D eigenvalue weighted by molar-refractivity contribution is 7.12. The van der Waals surface area contributed by atoms with Crippen LogP contribution < -0.4 is 4.74 Å². The molecule has 0 saturated carbocycles. The SMILES string of the molecule is Cc1nc(C2COc3ccccc32)sc1C(C)O. The molecule has 2 heterocycles. The van der Waals surface area contributed by atoms with Crippen LogP contribution in [-0.4, -0.2) is 16.7 Å². The molecule has 2 aromatic rings. The lowest BCUT2D eigenvalue weighted by atomic mass is 10.0. The molecule has 18 heavy (non-hydrogen) atoms. The van der Waals surface area contributed by atoms with E-state index in [1.807, 2.05) is 25.1 Å².